The summed E-state index contributed by atoms with van der Waals surface area (Å²) < 4.78 is 0. The molecule has 0 bridgehead atoms. The van der Waals surface area contributed by atoms with E-state index in [2.05, 4.69) is 99.3 Å². The minimum absolute atomic E-state index is 0.262. The Balaban J connectivity index is 2.79. The zero-order valence-electron chi connectivity index (χ0n) is 19.2. The average Bonchev–Trinajstić information content (AvgIpc) is 3.10. The Bertz CT molecular complexity index is 773. The van der Waals surface area contributed by atoms with E-state index >= 15 is 0 Å². The van der Waals surface area contributed by atoms with E-state index in [1.54, 1.807) is 5.56 Å². The summed E-state index contributed by atoms with van der Waals surface area (Å²) in [5, 5.41) is 0. The van der Waals surface area contributed by atoms with E-state index in [9.17, 15) is 0 Å². The molecular formula is C27H40. The van der Waals surface area contributed by atoms with Crippen molar-refractivity contribution in [3.63, 3.8) is 0 Å². The third-order valence-corrected chi connectivity index (χ3v) is 7.49. The predicted octanol–water partition coefficient (Wildman–Crippen LogP) is 8.37. The summed E-state index contributed by atoms with van der Waals surface area (Å²) >= 11 is 0. The standard InChI is InChI=1S/C27H40/c1-11-14-19(6)15-21(8)25-23(18(4)5)16-20(7)17-24(25)27(13-3)22(9)26(27,10)12-2/h11,14-18,22H,8,12-13H2,1-7,9-10H3/b14-11-,19-15-. The van der Waals surface area contributed by atoms with Crippen LogP contribution in [0.1, 0.15) is 96.4 Å². The lowest BCUT2D eigenvalue weighted by atomic mass is 9.76. The van der Waals surface area contributed by atoms with Crippen molar-refractivity contribution < 1.29 is 0 Å². The van der Waals surface area contributed by atoms with Crippen LogP contribution in [0.5, 0.6) is 0 Å². The molecule has 0 aliphatic heterocycles. The fourth-order valence-electron chi connectivity index (χ4n) is 5.71. The zero-order chi connectivity index (χ0) is 20.6. The Morgan fingerprint density at radius 1 is 1.22 bits per heavy atom. The van der Waals surface area contributed by atoms with Crippen LogP contribution in [0.4, 0.5) is 0 Å². The summed E-state index contributed by atoms with van der Waals surface area (Å²) in [5.41, 5.74) is 8.84. The maximum atomic E-state index is 4.54. The summed E-state index contributed by atoms with van der Waals surface area (Å²) in [7, 11) is 0. The van der Waals surface area contributed by atoms with Crippen LogP contribution in [0.15, 0.2) is 42.5 Å². The Hall–Kier alpha value is -1.56. The molecule has 1 aromatic rings. The van der Waals surface area contributed by atoms with Crippen LogP contribution < -0.4 is 0 Å². The molecule has 0 aromatic heterocycles. The molecule has 27 heavy (non-hydrogen) atoms. The molecule has 0 N–H and O–H groups in total. The Kier molecular flexibility index (Phi) is 6.30. The normalized spacial score (nSPS) is 28.2. The number of hydrogen-bond acceptors (Lipinski definition) is 0. The van der Waals surface area contributed by atoms with Gasteiger partial charge in [-0.3, -0.25) is 0 Å². The quantitative estimate of drug-likeness (QED) is 0.426. The number of allylic oxidation sites excluding steroid dienone is 5. The van der Waals surface area contributed by atoms with Crippen LogP contribution in [0.3, 0.4) is 0 Å². The van der Waals surface area contributed by atoms with Crippen LogP contribution in [-0.4, -0.2) is 0 Å². The highest BCUT2D eigenvalue weighted by Crippen LogP contribution is 2.73. The second-order valence-electron chi connectivity index (χ2n) is 9.16. The first kappa shape index (κ1) is 21.7. The van der Waals surface area contributed by atoms with Gasteiger partial charge >= 0.3 is 0 Å². The monoisotopic (exact) mass is 364 g/mol. The summed E-state index contributed by atoms with van der Waals surface area (Å²) in [5.74, 6) is 1.19. The molecule has 3 atom stereocenters. The van der Waals surface area contributed by atoms with Gasteiger partial charge in [0.2, 0.25) is 0 Å². The van der Waals surface area contributed by atoms with E-state index in [0.717, 1.165) is 5.57 Å². The molecule has 0 heterocycles. The number of hydrogen-bond donors (Lipinski definition) is 0. The summed E-state index contributed by atoms with van der Waals surface area (Å²) in [4.78, 5) is 0. The molecule has 1 saturated carbocycles. The lowest BCUT2D eigenvalue weighted by molar-refractivity contribution is 0.425. The molecule has 1 aliphatic rings. The van der Waals surface area contributed by atoms with E-state index in [1.165, 1.54) is 35.1 Å². The molecule has 0 nitrogen and oxygen atoms in total. The Labute approximate surface area is 168 Å². The Morgan fingerprint density at radius 2 is 1.85 bits per heavy atom. The van der Waals surface area contributed by atoms with Crippen molar-refractivity contribution in [2.24, 2.45) is 11.3 Å². The van der Waals surface area contributed by atoms with Crippen molar-refractivity contribution in [3.8, 4) is 0 Å². The zero-order valence-corrected chi connectivity index (χ0v) is 19.2. The van der Waals surface area contributed by atoms with E-state index in [-0.39, 0.29) is 5.41 Å². The molecule has 0 saturated heterocycles. The second kappa shape index (κ2) is 7.82. The van der Waals surface area contributed by atoms with Crippen LogP contribution in [0, 0.1) is 18.3 Å². The fraction of sp³-hybridized carbons (Fsp3) is 0.556. The highest BCUT2D eigenvalue weighted by Gasteiger charge is 2.69. The predicted molar refractivity (Wildman–Crippen MR) is 122 cm³/mol. The maximum absolute atomic E-state index is 4.54. The minimum atomic E-state index is 0.262. The van der Waals surface area contributed by atoms with Gasteiger partial charge in [-0.2, -0.15) is 0 Å². The van der Waals surface area contributed by atoms with Crippen LogP contribution in [0.25, 0.3) is 5.57 Å². The smallest absolute Gasteiger partial charge is 0.00443 e. The molecule has 1 aliphatic carbocycles. The first-order chi connectivity index (χ1) is 12.6. The lowest BCUT2D eigenvalue weighted by Crippen LogP contribution is -2.19. The van der Waals surface area contributed by atoms with Gasteiger partial charge < -0.3 is 0 Å². The van der Waals surface area contributed by atoms with Crippen molar-refractivity contribution in [2.45, 2.75) is 86.5 Å². The van der Waals surface area contributed by atoms with Gasteiger partial charge in [0.1, 0.15) is 0 Å². The van der Waals surface area contributed by atoms with Gasteiger partial charge in [0.25, 0.3) is 0 Å². The van der Waals surface area contributed by atoms with Gasteiger partial charge in [-0.1, -0.05) is 89.6 Å². The van der Waals surface area contributed by atoms with Crippen molar-refractivity contribution in [3.05, 3.63) is 64.8 Å². The maximum Gasteiger partial charge on any atom is 0.00443 e. The molecule has 148 valence electrons. The fourth-order valence-corrected chi connectivity index (χ4v) is 5.71. The van der Waals surface area contributed by atoms with E-state index in [1.807, 2.05) is 0 Å². The van der Waals surface area contributed by atoms with Gasteiger partial charge in [-0.15, -0.1) is 0 Å². The number of benzene rings is 1. The minimum Gasteiger partial charge on any atom is -0.0911 e. The third kappa shape index (κ3) is 3.37. The van der Waals surface area contributed by atoms with E-state index in [4.69, 9.17) is 0 Å². The third-order valence-electron chi connectivity index (χ3n) is 7.49. The van der Waals surface area contributed by atoms with Gasteiger partial charge in [-0.05, 0) is 73.1 Å². The van der Waals surface area contributed by atoms with Crippen molar-refractivity contribution in [1.82, 2.24) is 0 Å². The second-order valence-corrected chi connectivity index (χ2v) is 9.16. The van der Waals surface area contributed by atoms with E-state index < -0.39 is 0 Å². The Morgan fingerprint density at radius 3 is 2.30 bits per heavy atom. The van der Waals surface area contributed by atoms with Gasteiger partial charge in [0, 0.05) is 5.41 Å². The summed E-state index contributed by atoms with van der Waals surface area (Å²) in [6, 6.07) is 4.85. The summed E-state index contributed by atoms with van der Waals surface area (Å²) in [6.07, 6.45) is 8.95. The van der Waals surface area contributed by atoms with Crippen LogP contribution >= 0.6 is 0 Å². The van der Waals surface area contributed by atoms with Gasteiger partial charge in [0.05, 0.1) is 0 Å². The topological polar surface area (TPSA) is 0 Å². The molecule has 3 unspecified atom stereocenters. The van der Waals surface area contributed by atoms with Crippen LogP contribution in [0.2, 0.25) is 0 Å². The van der Waals surface area contributed by atoms with E-state index in [0.29, 0.717) is 17.3 Å². The molecule has 0 amide bonds. The highest BCUT2D eigenvalue weighted by atomic mass is 14.7. The lowest BCUT2D eigenvalue weighted by Gasteiger charge is -2.28. The largest absolute Gasteiger partial charge is 0.0911 e. The summed E-state index contributed by atoms with van der Waals surface area (Å²) in [6.45, 7) is 25.3. The first-order valence-corrected chi connectivity index (χ1v) is 10.8. The van der Waals surface area contributed by atoms with Gasteiger partial charge in [-0.25, -0.2) is 0 Å². The molecular weight excluding hydrogens is 324 g/mol. The van der Waals surface area contributed by atoms with Crippen LogP contribution in [-0.2, 0) is 5.41 Å². The molecule has 0 spiro atoms. The van der Waals surface area contributed by atoms with Gasteiger partial charge in [0.15, 0.2) is 0 Å². The first-order valence-electron chi connectivity index (χ1n) is 10.8. The van der Waals surface area contributed by atoms with Crippen molar-refractivity contribution in [1.29, 1.82) is 0 Å². The molecule has 0 radical (unpaired) electrons. The van der Waals surface area contributed by atoms with Crippen molar-refractivity contribution >= 4 is 5.57 Å². The molecule has 2 rings (SSSR count). The van der Waals surface area contributed by atoms with Crippen molar-refractivity contribution in [2.75, 3.05) is 0 Å². The molecule has 1 fully saturated rings. The molecule has 0 heteroatoms. The highest BCUT2D eigenvalue weighted by molar-refractivity contribution is 5.80. The number of aryl methyl sites for hydroxylation is 1. The number of rotatable bonds is 7. The molecule has 1 aromatic carbocycles. The SMILES string of the molecule is C=C(/C=C(C)\C=C/C)c1c(C(C)C)cc(C)cc1C1(CC)C(C)C1(C)CC. The average molecular weight is 365 g/mol.